The molecular formula is C17H26N2O3. The summed E-state index contributed by atoms with van der Waals surface area (Å²) in [4.78, 5) is 12.1. The van der Waals surface area contributed by atoms with Crippen molar-refractivity contribution in [2.24, 2.45) is 0 Å². The third-order valence-corrected chi connectivity index (χ3v) is 3.74. The van der Waals surface area contributed by atoms with Crippen molar-refractivity contribution >= 4 is 5.91 Å². The minimum Gasteiger partial charge on any atom is -0.491 e. The summed E-state index contributed by atoms with van der Waals surface area (Å²) in [5.74, 6) is 0.887. The van der Waals surface area contributed by atoms with E-state index in [-0.39, 0.29) is 11.9 Å². The minimum absolute atomic E-state index is 0.0484. The number of benzene rings is 1. The van der Waals surface area contributed by atoms with Gasteiger partial charge in [-0.2, -0.15) is 0 Å². The molecule has 2 rings (SSSR count). The molecule has 0 spiro atoms. The molecule has 122 valence electrons. The Morgan fingerprint density at radius 2 is 2.27 bits per heavy atom. The lowest BCUT2D eigenvalue weighted by Gasteiger charge is -2.15. The molecule has 0 radical (unpaired) electrons. The Bertz CT molecular complexity index is 485. The number of carbonyl (C=O) groups excluding carboxylic acids is 1. The van der Waals surface area contributed by atoms with Crippen LogP contribution in [0.3, 0.4) is 0 Å². The zero-order valence-corrected chi connectivity index (χ0v) is 13.5. The Morgan fingerprint density at radius 1 is 1.41 bits per heavy atom. The summed E-state index contributed by atoms with van der Waals surface area (Å²) in [5, 5.41) is 6.19. The molecule has 1 fully saturated rings. The van der Waals surface area contributed by atoms with Gasteiger partial charge in [-0.25, -0.2) is 0 Å². The number of hydrogen-bond acceptors (Lipinski definition) is 4. The highest BCUT2D eigenvalue weighted by atomic mass is 16.5. The van der Waals surface area contributed by atoms with E-state index in [4.69, 9.17) is 9.47 Å². The zero-order valence-electron chi connectivity index (χ0n) is 13.5. The maximum atomic E-state index is 12.1. The van der Waals surface area contributed by atoms with E-state index in [0.717, 1.165) is 36.3 Å². The third kappa shape index (κ3) is 5.00. The Balaban J connectivity index is 1.89. The molecule has 1 aliphatic heterocycles. The quantitative estimate of drug-likeness (QED) is 0.719. The predicted molar refractivity (Wildman–Crippen MR) is 86.0 cm³/mol. The standard InChI is InChI=1S/C17H26N2O3/c1-3-21-9-10-22-16-11-13(2)6-7-14(16)12-19-17(20)15-5-4-8-18-15/h6-7,11,15,18H,3-5,8-10,12H2,1-2H3,(H,19,20). The molecule has 0 saturated carbocycles. The van der Waals surface area contributed by atoms with Crippen molar-refractivity contribution in [2.45, 2.75) is 39.3 Å². The van der Waals surface area contributed by atoms with Crippen molar-refractivity contribution < 1.29 is 14.3 Å². The van der Waals surface area contributed by atoms with Gasteiger partial charge in [0.15, 0.2) is 0 Å². The average molecular weight is 306 g/mol. The van der Waals surface area contributed by atoms with Crippen LogP contribution >= 0.6 is 0 Å². The second-order valence-corrected chi connectivity index (χ2v) is 5.52. The normalized spacial score (nSPS) is 17.5. The van der Waals surface area contributed by atoms with Gasteiger partial charge in [-0.1, -0.05) is 12.1 Å². The highest BCUT2D eigenvalue weighted by molar-refractivity contribution is 5.82. The highest BCUT2D eigenvalue weighted by Crippen LogP contribution is 2.20. The van der Waals surface area contributed by atoms with E-state index in [1.165, 1.54) is 0 Å². The van der Waals surface area contributed by atoms with Crippen LogP contribution in [0.1, 0.15) is 30.9 Å². The van der Waals surface area contributed by atoms with Gasteiger partial charge in [0.25, 0.3) is 0 Å². The number of nitrogens with one attached hydrogen (secondary N) is 2. The van der Waals surface area contributed by atoms with Gasteiger partial charge in [-0.05, 0) is 44.9 Å². The maximum absolute atomic E-state index is 12.1. The first-order valence-corrected chi connectivity index (χ1v) is 8.02. The molecule has 22 heavy (non-hydrogen) atoms. The molecule has 1 heterocycles. The largest absolute Gasteiger partial charge is 0.491 e. The number of hydrogen-bond donors (Lipinski definition) is 2. The van der Waals surface area contributed by atoms with E-state index in [9.17, 15) is 4.79 Å². The summed E-state index contributed by atoms with van der Waals surface area (Å²) in [6.07, 6.45) is 1.98. The molecule has 1 aliphatic rings. The van der Waals surface area contributed by atoms with Crippen LogP contribution in [0.4, 0.5) is 0 Å². The van der Waals surface area contributed by atoms with Crippen LogP contribution in [-0.2, 0) is 16.1 Å². The molecule has 0 bridgehead atoms. The van der Waals surface area contributed by atoms with Crippen molar-refractivity contribution in [3.8, 4) is 5.75 Å². The monoisotopic (exact) mass is 306 g/mol. The molecule has 5 nitrogen and oxygen atoms in total. The topological polar surface area (TPSA) is 59.6 Å². The second-order valence-electron chi connectivity index (χ2n) is 5.52. The predicted octanol–water partition coefficient (Wildman–Crippen LogP) is 1.78. The van der Waals surface area contributed by atoms with Crippen LogP contribution in [0.2, 0.25) is 0 Å². The van der Waals surface area contributed by atoms with Crippen LogP contribution < -0.4 is 15.4 Å². The molecule has 1 amide bonds. The smallest absolute Gasteiger partial charge is 0.237 e. The molecule has 1 saturated heterocycles. The molecule has 1 aromatic rings. The summed E-state index contributed by atoms with van der Waals surface area (Å²) in [5.41, 5.74) is 2.13. The molecule has 0 aromatic heterocycles. The van der Waals surface area contributed by atoms with Gasteiger partial charge >= 0.3 is 0 Å². The van der Waals surface area contributed by atoms with E-state index in [1.807, 2.05) is 32.0 Å². The van der Waals surface area contributed by atoms with Gasteiger partial charge in [-0.3, -0.25) is 4.79 Å². The molecule has 0 aliphatic carbocycles. The van der Waals surface area contributed by atoms with E-state index in [2.05, 4.69) is 10.6 Å². The number of rotatable bonds is 8. The van der Waals surface area contributed by atoms with E-state index < -0.39 is 0 Å². The van der Waals surface area contributed by atoms with Crippen LogP contribution in [0, 0.1) is 6.92 Å². The minimum atomic E-state index is -0.0484. The van der Waals surface area contributed by atoms with Crippen LogP contribution in [0.5, 0.6) is 5.75 Å². The van der Waals surface area contributed by atoms with E-state index >= 15 is 0 Å². The first-order valence-electron chi connectivity index (χ1n) is 8.02. The fraction of sp³-hybridized carbons (Fsp3) is 0.588. The van der Waals surface area contributed by atoms with Crippen LogP contribution in [0.15, 0.2) is 18.2 Å². The first-order chi connectivity index (χ1) is 10.7. The number of carbonyl (C=O) groups is 1. The molecule has 1 aromatic carbocycles. The number of amides is 1. The van der Waals surface area contributed by atoms with Crippen molar-refractivity contribution in [2.75, 3.05) is 26.4 Å². The molecular weight excluding hydrogens is 280 g/mol. The van der Waals surface area contributed by atoms with Gasteiger partial charge in [0.2, 0.25) is 5.91 Å². The van der Waals surface area contributed by atoms with Crippen LogP contribution in [-0.4, -0.2) is 38.3 Å². The Labute approximate surface area is 132 Å². The van der Waals surface area contributed by atoms with Crippen molar-refractivity contribution in [3.05, 3.63) is 29.3 Å². The highest BCUT2D eigenvalue weighted by Gasteiger charge is 2.21. The summed E-state index contributed by atoms with van der Waals surface area (Å²) >= 11 is 0. The van der Waals surface area contributed by atoms with E-state index in [1.54, 1.807) is 0 Å². The summed E-state index contributed by atoms with van der Waals surface area (Å²) in [6, 6.07) is 5.99. The second kappa shape index (κ2) is 8.76. The number of ether oxygens (including phenoxy) is 2. The Hall–Kier alpha value is -1.59. The fourth-order valence-corrected chi connectivity index (χ4v) is 2.51. The molecule has 2 N–H and O–H groups in total. The zero-order chi connectivity index (χ0) is 15.8. The van der Waals surface area contributed by atoms with Crippen molar-refractivity contribution in [1.82, 2.24) is 10.6 Å². The van der Waals surface area contributed by atoms with Gasteiger partial charge in [0, 0.05) is 18.7 Å². The van der Waals surface area contributed by atoms with Crippen molar-refractivity contribution in [1.29, 1.82) is 0 Å². The fourth-order valence-electron chi connectivity index (χ4n) is 2.51. The van der Waals surface area contributed by atoms with Gasteiger partial charge in [0.05, 0.1) is 12.6 Å². The van der Waals surface area contributed by atoms with Crippen LogP contribution in [0.25, 0.3) is 0 Å². The molecule has 1 atom stereocenters. The first kappa shape index (κ1) is 16.8. The lowest BCUT2D eigenvalue weighted by Crippen LogP contribution is -2.40. The molecule has 1 unspecified atom stereocenters. The lowest BCUT2D eigenvalue weighted by atomic mass is 10.1. The SMILES string of the molecule is CCOCCOc1cc(C)ccc1CNC(=O)C1CCCN1. The summed E-state index contributed by atoms with van der Waals surface area (Å²) in [7, 11) is 0. The lowest BCUT2D eigenvalue weighted by molar-refractivity contribution is -0.122. The third-order valence-electron chi connectivity index (χ3n) is 3.74. The number of aryl methyl sites for hydroxylation is 1. The van der Waals surface area contributed by atoms with E-state index in [0.29, 0.717) is 26.4 Å². The van der Waals surface area contributed by atoms with Gasteiger partial charge < -0.3 is 20.1 Å². The maximum Gasteiger partial charge on any atom is 0.237 e. The molecule has 5 heteroatoms. The summed E-state index contributed by atoms with van der Waals surface area (Å²) in [6.45, 7) is 7.18. The van der Waals surface area contributed by atoms with Gasteiger partial charge in [-0.15, -0.1) is 0 Å². The Morgan fingerprint density at radius 3 is 3.00 bits per heavy atom. The van der Waals surface area contributed by atoms with Gasteiger partial charge in [0.1, 0.15) is 12.4 Å². The average Bonchev–Trinajstić information content (AvgIpc) is 3.05. The summed E-state index contributed by atoms with van der Waals surface area (Å²) < 4.78 is 11.1. The Kier molecular flexibility index (Phi) is 6.68. The van der Waals surface area contributed by atoms with Crippen molar-refractivity contribution in [3.63, 3.8) is 0 Å².